The number of alkyl halides is 2. The summed E-state index contributed by atoms with van der Waals surface area (Å²) in [5.41, 5.74) is 0.436. The molecule has 1 aromatic carbocycles. The number of aryl methyl sites for hydroxylation is 1. The highest BCUT2D eigenvalue weighted by molar-refractivity contribution is 5.86. The molecule has 0 saturated heterocycles. The van der Waals surface area contributed by atoms with Crippen molar-refractivity contribution >= 4 is 16.8 Å². The van der Waals surface area contributed by atoms with E-state index in [1.807, 2.05) is 0 Å². The van der Waals surface area contributed by atoms with Gasteiger partial charge in [0.05, 0.1) is 18.1 Å². The van der Waals surface area contributed by atoms with Crippen molar-refractivity contribution in [3.8, 4) is 5.75 Å². The van der Waals surface area contributed by atoms with Gasteiger partial charge in [0, 0.05) is 25.3 Å². The lowest BCUT2D eigenvalue weighted by molar-refractivity contribution is -0.144. The minimum atomic E-state index is -3.41. The van der Waals surface area contributed by atoms with Crippen molar-refractivity contribution in [1.29, 1.82) is 0 Å². The summed E-state index contributed by atoms with van der Waals surface area (Å²) in [4.78, 5) is 30.4. The van der Waals surface area contributed by atoms with Crippen LogP contribution in [-0.2, 0) is 11.2 Å². The maximum Gasteiger partial charge on any atom is 0.305 e. The molecule has 128 valence electrons. The van der Waals surface area contributed by atoms with E-state index in [4.69, 9.17) is 4.74 Å². The third kappa shape index (κ3) is 3.60. The lowest BCUT2D eigenvalue weighted by atomic mass is 10.0. The second kappa shape index (κ2) is 6.30. The maximum absolute atomic E-state index is 13.9. The maximum atomic E-state index is 13.9. The molecule has 1 N–H and O–H groups in total. The molecule has 0 atom stereocenters. The number of benzene rings is 1. The fourth-order valence-corrected chi connectivity index (χ4v) is 2.55. The second-order valence-electron chi connectivity index (χ2n) is 6.17. The molecule has 1 heterocycles. The van der Waals surface area contributed by atoms with Crippen LogP contribution in [0.2, 0.25) is 0 Å². The van der Waals surface area contributed by atoms with Gasteiger partial charge >= 0.3 is 5.92 Å². The van der Waals surface area contributed by atoms with E-state index >= 15 is 0 Å². The summed E-state index contributed by atoms with van der Waals surface area (Å²) in [6, 6.07) is 4.93. The van der Waals surface area contributed by atoms with E-state index in [-0.39, 0.29) is 24.5 Å². The average molecular weight is 336 g/mol. The highest BCUT2D eigenvalue weighted by atomic mass is 19.3. The highest BCUT2D eigenvalue weighted by Crippen LogP contribution is 2.36. The van der Waals surface area contributed by atoms with E-state index < -0.39 is 23.7 Å². The van der Waals surface area contributed by atoms with Crippen molar-refractivity contribution in [2.75, 3.05) is 7.11 Å². The number of ketones is 1. The number of fused-ring (bicyclic) bond motifs is 1. The number of methoxy groups -OCH3 is 1. The Balaban J connectivity index is 1.75. The highest BCUT2D eigenvalue weighted by Gasteiger charge is 2.40. The molecule has 1 aromatic heterocycles. The molecule has 24 heavy (non-hydrogen) atoms. The van der Waals surface area contributed by atoms with Crippen molar-refractivity contribution in [3.05, 3.63) is 34.2 Å². The zero-order valence-electron chi connectivity index (χ0n) is 13.3. The number of hydrogen-bond donors (Lipinski definition) is 1. The number of aromatic amines is 1. The number of hydrogen-bond acceptors (Lipinski definition) is 4. The molecule has 0 amide bonds. The lowest BCUT2D eigenvalue weighted by Crippen LogP contribution is -2.30. The van der Waals surface area contributed by atoms with Gasteiger partial charge in [-0.3, -0.25) is 9.59 Å². The van der Waals surface area contributed by atoms with E-state index in [1.54, 1.807) is 18.2 Å². The monoisotopic (exact) mass is 336 g/mol. The van der Waals surface area contributed by atoms with Crippen LogP contribution < -0.4 is 10.3 Å². The molecule has 1 saturated carbocycles. The Kier molecular flexibility index (Phi) is 4.34. The van der Waals surface area contributed by atoms with E-state index in [0.29, 0.717) is 16.8 Å². The molecule has 0 bridgehead atoms. The van der Waals surface area contributed by atoms with Crippen LogP contribution in [0.3, 0.4) is 0 Å². The third-order valence-electron chi connectivity index (χ3n) is 4.22. The van der Waals surface area contributed by atoms with Gasteiger partial charge in [-0.1, -0.05) is 0 Å². The number of ether oxygens (including phenoxy) is 1. The van der Waals surface area contributed by atoms with Crippen molar-refractivity contribution < 1.29 is 18.3 Å². The van der Waals surface area contributed by atoms with E-state index in [0.717, 1.165) is 12.8 Å². The van der Waals surface area contributed by atoms with Crippen LogP contribution in [0.4, 0.5) is 8.78 Å². The fourth-order valence-electron chi connectivity index (χ4n) is 2.55. The van der Waals surface area contributed by atoms with Gasteiger partial charge in [0.25, 0.3) is 5.56 Å². The zero-order valence-corrected chi connectivity index (χ0v) is 13.3. The minimum Gasteiger partial charge on any atom is -0.497 e. The first-order chi connectivity index (χ1) is 11.4. The third-order valence-corrected chi connectivity index (χ3v) is 4.22. The molecule has 1 aliphatic rings. The first-order valence-corrected chi connectivity index (χ1v) is 7.87. The molecule has 5 nitrogen and oxygen atoms in total. The average Bonchev–Trinajstić information content (AvgIpc) is 3.36. The molecule has 0 spiro atoms. The Hall–Kier alpha value is -2.31. The number of rotatable bonds is 7. The molecule has 3 rings (SSSR count). The number of Topliss-reactive ketones (excluding diaryl/α,β-unsaturated/α-hetero) is 1. The van der Waals surface area contributed by atoms with Crippen molar-refractivity contribution in [3.63, 3.8) is 0 Å². The normalized spacial score (nSPS) is 14.8. The summed E-state index contributed by atoms with van der Waals surface area (Å²) >= 11 is 0. The SMILES string of the molecule is COc1ccc2nc(CCC(F)(F)C(=O)CC3CC3)c(=O)[nH]c2c1. The molecule has 1 fully saturated rings. The Bertz CT molecular complexity index is 828. The first kappa shape index (κ1) is 16.5. The Morgan fingerprint density at radius 2 is 2.17 bits per heavy atom. The van der Waals surface area contributed by atoms with Crippen molar-refractivity contribution in [1.82, 2.24) is 9.97 Å². The number of carbonyl (C=O) groups is 1. The Morgan fingerprint density at radius 3 is 2.83 bits per heavy atom. The molecule has 7 heteroatoms. The quantitative estimate of drug-likeness (QED) is 0.844. The molecule has 2 aromatic rings. The van der Waals surface area contributed by atoms with Gasteiger partial charge in [0.2, 0.25) is 5.78 Å². The number of nitrogens with zero attached hydrogens (tertiary/aromatic N) is 1. The van der Waals surface area contributed by atoms with Gasteiger partial charge in [-0.2, -0.15) is 8.78 Å². The number of carbonyl (C=O) groups excluding carboxylic acids is 1. The van der Waals surface area contributed by atoms with Crippen LogP contribution in [-0.4, -0.2) is 28.8 Å². The van der Waals surface area contributed by atoms with Crippen LogP contribution in [0, 0.1) is 5.92 Å². The van der Waals surface area contributed by atoms with Gasteiger partial charge < -0.3 is 9.72 Å². The number of H-pyrrole nitrogens is 1. The number of halogens is 2. The number of aromatic nitrogens is 2. The molecule has 0 unspecified atom stereocenters. The smallest absolute Gasteiger partial charge is 0.305 e. The van der Waals surface area contributed by atoms with Gasteiger partial charge in [0.1, 0.15) is 11.4 Å². The van der Waals surface area contributed by atoms with Crippen LogP contribution in [0.15, 0.2) is 23.0 Å². The predicted octanol–water partition coefficient (Wildman–Crippen LogP) is 2.87. The molecule has 0 aliphatic heterocycles. The number of nitrogens with one attached hydrogen (secondary N) is 1. The molecular weight excluding hydrogens is 318 g/mol. The minimum absolute atomic E-state index is 0.00608. The Morgan fingerprint density at radius 1 is 1.42 bits per heavy atom. The summed E-state index contributed by atoms with van der Waals surface area (Å²) in [5.74, 6) is -3.77. The van der Waals surface area contributed by atoms with Crippen LogP contribution in [0.1, 0.15) is 31.4 Å². The van der Waals surface area contributed by atoms with Crippen molar-refractivity contribution in [2.24, 2.45) is 5.92 Å². The fraction of sp³-hybridized carbons (Fsp3) is 0.471. The second-order valence-corrected chi connectivity index (χ2v) is 6.17. The standard InChI is InChI=1S/C17H18F2N2O3/c1-24-11-4-5-12-14(9-11)21-16(23)13(20-12)6-7-17(18,19)15(22)8-10-2-3-10/h4-5,9-10H,2-3,6-8H2,1H3,(H,21,23). The molecular formula is C17H18F2N2O3. The largest absolute Gasteiger partial charge is 0.497 e. The van der Waals surface area contributed by atoms with E-state index in [9.17, 15) is 18.4 Å². The van der Waals surface area contributed by atoms with E-state index in [2.05, 4.69) is 9.97 Å². The summed E-state index contributed by atoms with van der Waals surface area (Å²) in [5, 5.41) is 0. The van der Waals surface area contributed by atoms with Gasteiger partial charge in [-0.15, -0.1) is 0 Å². The van der Waals surface area contributed by atoms with Crippen LogP contribution >= 0.6 is 0 Å². The van der Waals surface area contributed by atoms with Crippen LogP contribution in [0.25, 0.3) is 11.0 Å². The lowest BCUT2D eigenvalue weighted by Gasteiger charge is -2.14. The molecule has 0 radical (unpaired) electrons. The summed E-state index contributed by atoms with van der Waals surface area (Å²) < 4.78 is 32.9. The summed E-state index contributed by atoms with van der Waals surface area (Å²) in [6.07, 6.45) is 0.666. The summed E-state index contributed by atoms with van der Waals surface area (Å²) in [7, 11) is 1.50. The topological polar surface area (TPSA) is 72.0 Å². The zero-order chi connectivity index (χ0) is 17.3. The van der Waals surface area contributed by atoms with Gasteiger partial charge in [-0.05, 0) is 30.9 Å². The van der Waals surface area contributed by atoms with Crippen LogP contribution in [0.5, 0.6) is 5.75 Å². The Labute approximate surface area is 137 Å². The van der Waals surface area contributed by atoms with Gasteiger partial charge in [0.15, 0.2) is 0 Å². The molecule has 1 aliphatic carbocycles. The first-order valence-electron chi connectivity index (χ1n) is 7.87. The van der Waals surface area contributed by atoms with Crippen molar-refractivity contribution in [2.45, 2.75) is 38.0 Å². The predicted molar refractivity (Wildman–Crippen MR) is 84.5 cm³/mol. The van der Waals surface area contributed by atoms with E-state index in [1.165, 1.54) is 7.11 Å². The summed E-state index contributed by atoms with van der Waals surface area (Å²) in [6.45, 7) is 0. The van der Waals surface area contributed by atoms with Gasteiger partial charge in [-0.25, -0.2) is 4.98 Å².